The molecule has 0 bridgehead atoms. The van der Waals surface area contributed by atoms with Gasteiger partial charge in [-0.25, -0.2) is 0 Å². The third kappa shape index (κ3) is 14.8. The summed E-state index contributed by atoms with van der Waals surface area (Å²) in [6, 6.07) is 14.6. The average molecular weight is 900 g/mol. The maximum atomic E-state index is 14.3. The number of benzene rings is 3. The second-order valence-electron chi connectivity index (χ2n) is 15.1. The van der Waals surface area contributed by atoms with Gasteiger partial charge >= 0.3 is 19.5 Å². The first-order valence-corrected chi connectivity index (χ1v) is 21.9. The van der Waals surface area contributed by atoms with Crippen LogP contribution in [0.3, 0.4) is 0 Å². The number of carboxylic acid groups (broad SMARTS) is 2. The van der Waals surface area contributed by atoms with Crippen LogP contribution in [0.15, 0.2) is 78.9 Å². The van der Waals surface area contributed by atoms with Gasteiger partial charge in [-0.2, -0.15) is 0 Å². The number of carboxylic acids is 2. The van der Waals surface area contributed by atoms with Gasteiger partial charge in [-0.3, -0.25) is 38.1 Å². The first-order valence-electron chi connectivity index (χ1n) is 19.8. The lowest BCUT2D eigenvalue weighted by atomic mass is 9.78. The Morgan fingerprint density at radius 3 is 1.60 bits per heavy atom. The van der Waals surface area contributed by atoms with E-state index in [9.17, 15) is 63.2 Å². The summed E-state index contributed by atoms with van der Waals surface area (Å²) in [5, 5.41) is 42.8. The van der Waals surface area contributed by atoms with E-state index in [0.717, 1.165) is 0 Å². The second-order valence-corrected chi connectivity index (χ2v) is 17.2. The predicted molar refractivity (Wildman–Crippen MR) is 224 cm³/mol. The van der Waals surface area contributed by atoms with Crippen LogP contribution < -0.4 is 26.6 Å². The quantitative estimate of drug-likeness (QED) is 0.0686. The van der Waals surface area contributed by atoms with E-state index in [1.165, 1.54) is 31.3 Å². The smallest absolute Gasteiger partial charge is 0.358 e. The Kier molecular flexibility index (Phi) is 18.2. The van der Waals surface area contributed by atoms with E-state index in [1.807, 2.05) is 0 Å². The largest absolute Gasteiger partial charge is 0.481 e. The highest BCUT2D eigenvalue weighted by atomic mass is 35.5. The van der Waals surface area contributed by atoms with E-state index in [1.54, 1.807) is 54.6 Å². The molecule has 5 amide bonds. The topological polar surface area (TPSA) is 298 Å². The fraction of sp³-hybridized carbons (Fsp3) is 0.405. The van der Waals surface area contributed by atoms with Crippen molar-refractivity contribution in [3.8, 4) is 0 Å². The molecular formula is C42H51ClN5O13P. The van der Waals surface area contributed by atoms with Gasteiger partial charge < -0.3 is 51.7 Å². The highest BCUT2D eigenvalue weighted by molar-refractivity contribution is 7.51. The molecule has 7 atom stereocenters. The van der Waals surface area contributed by atoms with E-state index in [0.29, 0.717) is 34.6 Å². The van der Waals surface area contributed by atoms with Crippen molar-refractivity contribution in [2.75, 3.05) is 7.05 Å². The third-order valence-electron chi connectivity index (χ3n) is 10.5. The number of carbonyl (C=O) groups is 7. The van der Waals surface area contributed by atoms with Crippen LogP contribution in [-0.2, 0) is 57.4 Å². The predicted octanol–water partition coefficient (Wildman–Crippen LogP) is 1.98. The summed E-state index contributed by atoms with van der Waals surface area (Å²) in [4.78, 5) is 112. The Balaban J connectivity index is 1.64. The second kappa shape index (κ2) is 23.0. The molecule has 1 saturated carbocycles. The van der Waals surface area contributed by atoms with Crippen LogP contribution in [0.1, 0.15) is 66.6 Å². The minimum absolute atomic E-state index is 0.0169. The zero-order chi connectivity index (χ0) is 45.6. The summed E-state index contributed by atoms with van der Waals surface area (Å²) in [6.07, 6.45) is 0.291. The van der Waals surface area contributed by atoms with Crippen molar-refractivity contribution in [1.82, 2.24) is 26.6 Å². The Hall–Kier alpha value is -5.65. The third-order valence-corrected chi connectivity index (χ3v) is 11.7. The number of aliphatic carboxylic acids is 2. The molecule has 0 heterocycles. The van der Waals surface area contributed by atoms with E-state index in [2.05, 4.69) is 26.6 Å². The van der Waals surface area contributed by atoms with Gasteiger partial charge in [0, 0.05) is 37.8 Å². The first kappa shape index (κ1) is 49.0. The molecule has 20 heteroatoms. The molecule has 1 unspecified atom stereocenters. The van der Waals surface area contributed by atoms with E-state index in [-0.39, 0.29) is 37.7 Å². The molecular weight excluding hydrogens is 849 g/mol. The number of nitrogens with one attached hydrogen (secondary N) is 5. The molecule has 62 heavy (non-hydrogen) atoms. The number of aliphatic hydroxyl groups excluding tert-OH is 1. The summed E-state index contributed by atoms with van der Waals surface area (Å²) in [5.74, 6) is -10.5. The zero-order valence-electron chi connectivity index (χ0n) is 33.7. The number of rotatable bonds is 21. The van der Waals surface area contributed by atoms with Crippen molar-refractivity contribution < 1.29 is 63.2 Å². The molecule has 0 aromatic heterocycles. The Morgan fingerprint density at radius 2 is 1.10 bits per heavy atom. The van der Waals surface area contributed by atoms with Gasteiger partial charge in [-0.15, -0.1) is 0 Å². The van der Waals surface area contributed by atoms with E-state index >= 15 is 0 Å². The van der Waals surface area contributed by atoms with Crippen LogP contribution in [0.25, 0.3) is 0 Å². The summed E-state index contributed by atoms with van der Waals surface area (Å²) >= 11 is 6.00. The van der Waals surface area contributed by atoms with Crippen LogP contribution in [0.2, 0.25) is 5.02 Å². The van der Waals surface area contributed by atoms with Crippen LogP contribution in [-0.4, -0.2) is 97.8 Å². The minimum atomic E-state index is -4.92. The van der Waals surface area contributed by atoms with Gasteiger partial charge in [0.15, 0.2) is 5.85 Å². The number of likely N-dealkylation sites (N-methyl/N-ethyl adjacent to an activating group) is 1. The van der Waals surface area contributed by atoms with Crippen molar-refractivity contribution >= 4 is 60.7 Å². The highest BCUT2D eigenvalue weighted by Gasteiger charge is 2.38. The number of halogens is 1. The Bertz CT molecular complexity index is 2100. The monoisotopic (exact) mass is 899 g/mol. The van der Waals surface area contributed by atoms with Crippen molar-refractivity contribution in [3.05, 3.63) is 106 Å². The lowest BCUT2D eigenvalue weighted by Crippen LogP contribution is -2.59. The number of hydrogen-bond acceptors (Lipinski definition) is 9. The van der Waals surface area contributed by atoms with Gasteiger partial charge in [0.2, 0.25) is 29.5 Å². The molecule has 3 aromatic rings. The summed E-state index contributed by atoms with van der Waals surface area (Å²) < 4.78 is 11.7. The van der Waals surface area contributed by atoms with Gasteiger partial charge in [0.05, 0.1) is 11.8 Å². The van der Waals surface area contributed by atoms with Crippen molar-refractivity contribution in [3.63, 3.8) is 0 Å². The molecule has 0 radical (unpaired) electrons. The number of aliphatic hydroxyl groups is 1. The molecule has 0 saturated heterocycles. The van der Waals surface area contributed by atoms with Gasteiger partial charge in [-0.1, -0.05) is 91.2 Å². The number of amides is 5. The molecule has 1 aliphatic carbocycles. The van der Waals surface area contributed by atoms with E-state index < -0.39 is 104 Å². The Labute approximate surface area is 362 Å². The molecule has 0 aliphatic heterocycles. The van der Waals surface area contributed by atoms with Crippen molar-refractivity contribution in [2.24, 2.45) is 11.8 Å². The first-order chi connectivity index (χ1) is 29.4. The van der Waals surface area contributed by atoms with Crippen molar-refractivity contribution in [1.29, 1.82) is 0 Å². The lowest BCUT2D eigenvalue weighted by Gasteiger charge is -2.30. The van der Waals surface area contributed by atoms with Crippen LogP contribution in [0.4, 0.5) is 0 Å². The number of carbonyl (C=O) groups excluding carboxylic acids is 5. The minimum Gasteiger partial charge on any atom is -0.481 e. The standard InChI is InChI=1S/C42H51ClN5O13P/c1-44-37(52)32(22-26-13-17-28(43)18-14-26)47-38(53)31(19-20-35(49)50)45-39(54)34(21-24-7-3-2-4-8-24)48-40(55)33(46-36(51)29-9-5-6-10-30(29)41(56)57)23-25-11-15-27(16-12-25)42(58)62(59,60)61/h2-4,7-8,11-18,29-34,42,58H,5-6,9-10,19-23H2,1H3,(H,44,52)(H,45,54)(H,46,51)(H,47,53)(H,48,55)(H,49,50)(H,56,57)(H2,59,60,61)/t29-,30-,31-,32-,33-,34-,42?/m0/s1. The normalized spacial score (nSPS) is 17.5. The van der Waals surface area contributed by atoms with Crippen LogP contribution >= 0.6 is 19.2 Å². The van der Waals surface area contributed by atoms with Crippen molar-refractivity contribution in [2.45, 2.75) is 87.8 Å². The Morgan fingerprint density at radius 1 is 0.645 bits per heavy atom. The fourth-order valence-electron chi connectivity index (χ4n) is 7.14. The van der Waals surface area contributed by atoms with Gasteiger partial charge in [-0.05, 0) is 53.6 Å². The molecule has 3 aromatic carbocycles. The lowest BCUT2D eigenvalue weighted by molar-refractivity contribution is -0.149. The van der Waals surface area contributed by atoms with Gasteiger partial charge in [0.1, 0.15) is 24.2 Å². The molecule has 18 nitrogen and oxygen atoms in total. The summed E-state index contributed by atoms with van der Waals surface area (Å²) in [6.45, 7) is 0. The maximum absolute atomic E-state index is 14.3. The number of hydrogen-bond donors (Lipinski definition) is 10. The maximum Gasteiger partial charge on any atom is 0.358 e. The summed E-state index contributed by atoms with van der Waals surface area (Å²) in [7, 11) is -3.56. The molecule has 4 rings (SSSR count). The zero-order valence-corrected chi connectivity index (χ0v) is 35.4. The van der Waals surface area contributed by atoms with Crippen LogP contribution in [0, 0.1) is 11.8 Å². The molecule has 334 valence electrons. The average Bonchev–Trinajstić information content (AvgIpc) is 3.24. The summed E-state index contributed by atoms with van der Waals surface area (Å²) in [5.41, 5.74) is 1.43. The van der Waals surface area contributed by atoms with Crippen LogP contribution in [0.5, 0.6) is 0 Å². The molecule has 1 fully saturated rings. The molecule has 0 spiro atoms. The molecule has 10 N–H and O–H groups in total. The van der Waals surface area contributed by atoms with E-state index in [4.69, 9.17) is 11.6 Å². The van der Waals surface area contributed by atoms with Gasteiger partial charge in [0.25, 0.3) is 0 Å². The molecule has 1 aliphatic rings. The SMILES string of the molecule is CNC(=O)[C@H](Cc1ccc(Cl)cc1)NC(=O)[C@H](CCC(=O)O)NC(=O)[C@H](Cc1ccccc1)NC(=O)[C@H](Cc1ccc(C(O)P(=O)(O)O)cc1)NC(=O)[C@H]1CCCC[C@@H]1C(=O)O. The fourth-order valence-corrected chi connectivity index (χ4v) is 7.82. The highest BCUT2D eigenvalue weighted by Crippen LogP contribution is 2.49.